The van der Waals surface area contributed by atoms with Crippen LogP contribution in [0.4, 0.5) is 0 Å². The molecule has 5 nitrogen and oxygen atoms in total. The van der Waals surface area contributed by atoms with Gasteiger partial charge in [0.05, 0.1) is 12.8 Å². The summed E-state index contributed by atoms with van der Waals surface area (Å²) in [6.07, 6.45) is 15.9. The highest BCUT2D eigenvalue weighted by Gasteiger charge is 2.04. The average molecular weight is 466 g/mol. The lowest BCUT2D eigenvalue weighted by atomic mass is 10.1. The van der Waals surface area contributed by atoms with Crippen LogP contribution in [0, 0.1) is 0 Å². The molecule has 6 heteroatoms. The van der Waals surface area contributed by atoms with Gasteiger partial charge in [0.15, 0.2) is 0 Å². The lowest BCUT2D eigenvalue weighted by Gasteiger charge is -2.05. The SMILES string of the molecule is CCCCCCCCCCCCCC(=O)NCC(=O)NN=Cc1ccccc1Br. The van der Waals surface area contributed by atoms with Gasteiger partial charge >= 0.3 is 0 Å². The zero-order chi connectivity index (χ0) is 21.2. The molecule has 0 aliphatic rings. The van der Waals surface area contributed by atoms with Gasteiger partial charge in [0.1, 0.15) is 0 Å². The molecular formula is C23H36BrN3O2. The molecule has 0 heterocycles. The Labute approximate surface area is 184 Å². The van der Waals surface area contributed by atoms with Gasteiger partial charge in [-0.15, -0.1) is 0 Å². The van der Waals surface area contributed by atoms with Crippen LogP contribution in [-0.2, 0) is 9.59 Å². The van der Waals surface area contributed by atoms with Crippen molar-refractivity contribution in [2.45, 2.75) is 84.0 Å². The summed E-state index contributed by atoms with van der Waals surface area (Å²) in [6.45, 7) is 2.19. The molecule has 0 saturated heterocycles. The highest BCUT2D eigenvalue weighted by atomic mass is 79.9. The normalized spacial score (nSPS) is 11.0. The van der Waals surface area contributed by atoms with E-state index in [1.54, 1.807) is 6.21 Å². The Morgan fingerprint density at radius 3 is 2.10 bits per heavy atom. The molecule has 0 unspecified atom stereocenters. The van der Waals surface area contributed by atoms with E-state index < -0.39 is 0 Å². The van der Waals surface area contributed by atoms with E-state index in [2.05, 4.69) is 38.7 Å². The van der Waals surface area contributed by atoms with E-state index in [1.807, 2.05) is 24.3 Å². The summed E-state index contributed by atoms with van der Waals surface area (Å²) in [7, 11) is 0. The monoisotopic (exact) mass is 465 g/mol. The Morgan fingerprint density at radius 1 is 0.897 bits per heavy atom. The first-order chi connectivity index (χ1) is 14.1. The maximum atomic E-state index is 11.8. The first kappa shape index (κ1) is 25.3. The molecule has 1 rings (SSSR count). The van der Waals surface area contributed by atoms with Crippen LogP contribution in [0.2, 0.25) is 0 Å². The van der Waals surface area contributed by atoms with Crippen LogP contribution in [0.3, 0.4) is 0 Å². The second-order valence-corrected chi connectivity index (χ2v) is 8.23. The molecule has 0 aromatic heterocycles. The van der Waals surface area contributed by atoms with Crippen molar-refractivity contribution < 1.29 is 9.59 Å². The van der Waals surface area contributed by atoms with Gasteiger partial charge in [-0.1, -0.05) is 105 Å². The second kappa shape index (κ2) is 17.2. The highest BCUT2D eigenvalue weighted by molar-refractivity contribution is 9.10. The van der Waals surface area contributed by atoms with Crippen molar-refractivity contribution in [3.63, 3.8) is 0 Å². The van der Waals surface area contributed by atoms with Crippen LogP contribution in [0.1, 0.15) is 89.5 Å². The van der Waals surface area contributed by atoms with Gasteiger partial charge < -0.3 is 5.32 Å². The maximum Gasteiger partial charge on any atom is 0.259 e. The van der Waals surface area contributed by atoms with Crippen molar-refractivity contribution >= 4 is 34.0 Å². The molecule has 0 saturated carbocycles. The Hall–Kier alpha value is -1.69. The Kier molecular flexibility index (Phi) is 15.0. The van der Waals surface area contributed by atoms with Gasteiger partial charge in [0.2, 0.25) is 5.91 Å². The van der Waals surface area contributed by atoms with Crippen molar-refractivity contribution in [2.24, 2.45) is 5.10 Å². The number of carbonyl (C=O) groups is 2. The first-order valence-electron chi connectivity index (χ1n) is 11.0. The number of nitrogens with one attached hydrogen (secondary N) is 2. The van der Waals surface area contributed by atoms with Crippen molar-refractivity contribution in [3.05, 3.63) is 34.3 Å². The average Bonchev–Trinajstić information content (AvgIpc) is 2.72. The fourth-order valence-corrected chi connectivity index (χ4v) is 3.40. The maximum absolute atomic E-state index is 11.8. The molecule has 0 bridgehead atoms. The summed E-state index contributed by atoms with van der Waals surface area (Å²) < 4.78 is 0.901. The van der Waals surface area contributed by atoms with Gasteiger partial charge in [-0.05, 0) is 12.5 Å². The van der Waals surface area contributed by atoms with E-state index in [1.165, 1.54) is 57.8 Å². The molecule has 2 amide bonds. The standard InChI is InChI=1S/C23H36BrN3O2/c1-2-3-4-5-6-7-8-9-10-11-12-17-22(28)25-19-23(29)27-26-18-20-15-13-14-16-21(20)24/h13-16,18H,2-12,17,19H2,1H3,(H,25,28)(H,27,29). The van der Waals surface area contributed by atoms with Crippen LogP contribution in [0.5, 0.6) is 0 Å². The van der Waals surface area contributed by atoms with E-state index in [4.69, 9.17) is 0 Å². The Morgan fingerprint density at radius 2 is 1.48 bits per heavy atom. The molecule has 1 aromatic carbocycles. The fraction of sp³-hybridized carbons (Fsp3) is 0.609. The molecule has 2 N–H and O–H groups in total. The molecular weight excluding hydrogens is 430 g/mol. The number of hydrogen-bond donors (Lipinski definition) is 2. The molecule has 0 atom stereocenters. The third-order valence-corrected chi connectivity index (χ3v) is 5.47. The molecule has 0 aliphatic carbocycles. The number of halogens is 1. The molecule has 162 valence electrons. The zero-order valence-electron chi connectivity index (χ0n) is 17.7. The summed E-state index contributed by atoms with van der Waals surface area (Å²) >= 11 is 3.41. The molecule has 29 heavy (non-hydrogen) atoms. The number of hydrogen-bond acceptors (Lipinski definition) is 3. The molecule has 1 aromatic rings. The van der Waals surface area contributed by atoms with Crippen LogP contribution in [0.15, 0.2) is 33.8 Å². The predicted molar refractivity (Wildman–Crippen MR) is 124 cm³/mol. The van der Waals surface area contributed by atoms with Gasteiger partial charge in [-0.3, -0.25) is 9.59 Å². The Balaban J connectivity index is 1.97. The first-order valence-corrected chi connectivity index (χ1v) is 11.8. The van der Waals surface area contributed by atoms with Crippen molar-refractivity contribution in [1.82, 2.24) is 10.7 Å². The lowest BCUT2D eigenvalue weighted by molar-refractivity contribution is -0.126. The van der Waals surface area contributed by atoms with Crippen LogP contribution >= 0.6 is 15.9 Å². The van der Waals surface area contributed by atoms with Crippen molar-refractivity contribution in [2.75, 3.05) is 6.54 Å². The van der Waals surface area contributed by atoms with Gasteiger partial charge in [-0.25, -0.2) is 5.43 Å². The summed E-state index contributed by atoms with van der Waals surface area (Å²) in [4.78, 5) is 23.5. The topological polar surface area (TPSA) is 70.6 Å². The number of rotatable bonds is 16. The van der Waals surface area contributed by atoms with Gasteiger partial charge in [-0.2, -0.15) is 5.10 Å². The second-order valence-electron chi connectivity index (χ2n) is 7.38. The lowest BCUT2D eigenvalue weighted by Crippen LogP contribution is -2.34. The van der Waals surface area contributed by atoms with Crippen molar-refractivity contribution in [3.8, 4) is 0 Å². The van der Waals surface area contributed by atoms with E-state index >= 15 is 0 Å². The number of benzene rings is 1. The zero-order valence-corrected chi connectivity index (χ0v) is 19.3. The quantitative estimate of drug-likeness (QED) is 0.186. The minimum absolute atomic E-state index is 0.0514. The van der Waals surface area contributed by atoms with E-state index in [9.17, 15) is 9.59 Å². The van der Waals surface area contributed by atoms with Crippen molar-refractivity contribution in [1.29, 1.82) is 0 Å². The number of amides is 2. The van der Waals surface area contributed by atoms with Crippen LogP contribution in [-0.4, -0.2) is 24.6 Å². The van der Waals surface area contributed by atoms with Crippen LogP contribution < -0.4 is 10.7 Å². The molecule has 0 fully saturated rings. The Bertz CT molecular complexity index is 620. The molecule has 0 spiro atoms. The van der Waals surface area contributed by atoms with Gasteiger partial charge in [0, 0.05) is 16.5 Å². The van der Waals surface area contributed by atoms with E-state index in [-0.39, 0.29) is 18.4 Å². The number of carbonyl (C=O) groups excluding carboxylic acids is 2. The molecule has 0 radical (unpaired) electrons. The summed E-state index contributed by atoms with van der Waals surface area (Å²) in [5.41, 5.74) is 3.29. The summed E-state index contributed by atoms with van der Waals surface area (Å²) in [6, 6.07) is 7.58. The van der Waals surface area contributed by atoms with Crippen LogP contribution in [0.25, 0.3) is 0 Å². The summed E-state index contributed by atoms with van der Waals surface area (Å²) in [5.74, 6) is -0.411. The highest BCUT2D eigenvalue weighted by Crippen LogP contribution is 2.13. The number of hydrazone groups is 1. The fourth-order valence-electron chi connectivity index (χ4n) is 3.01. The third kappa shape index (κ3) is 14.0. The number of unbranched alkanes of at least 4 members (excludes halogenated alkanes) is 10. The largest absolute Gasteiger partial charge is 0.347 e. The van der Waals surface area contributed by atoms with E-state index in [0.717, 1.165) is 22.9 Å². The van der Waals surface area contributed by atoms with E-state index in [0.29, 0.717) is 6.42 Å². The summed E-state index contributed by atoms with van der Waals surface area (Å²) in [5, 5.41) is 6.55. The third-order valence-electron chi connectivity index (χ3n) is 4.75. The predicted octanol–water partition coefficient (Wildman–Crippen LogP) is 5.72. The number of nitrogens with zero attached hydrogens (tertiary/aromatic N) is 1. The van der Waals surface area contributed by atoms with Gasteiger partial charge in [0.25, 0.3) is 5.91 Å². The minimum Gasteiger partial charge on any atom is -0.347 e. The smallest absolute Gasteiger partial charge is 0.259 e. The minimum atomic E-state index is -0.333. The molecule has 0 aliphatic heterocycles.